The minimum absolute atomic E-state index is 0.0105. The molecule has 0 spiro atoms. The van der Waals surface area contributed by atoms with E-state index in [0.717, 1.165) is 22.8 Å². The SMILES string of the molecule is CC1CCCCC1OCCNC(=O)CNC(=O)Cc1cccc2ccccc12. The maximum atomic E-state index is 12.2. The Morgan fingerprint density at radius 2 is 1.79 bits per heavy atom. The van der Waals surface area contributed by atoms with E-state index < -0.39 is 0 Å². The van der Waals surface area contributed by atoms with E-state index in [4.69, 9.17) is 4.74 Å². The third-order valence-electron chi connectivity index (χ3n) is 5.47. The van der Waals surface area contributed by atoms with Gasteiger partial charge in [0.05, 0.1) is 25.7 Å². The first-order valence-corrected chi connectivity index (χ1v) is 10.2. The highest BCUT2D eigenvalue weighted by Gasteiger charge is 2.21. The zero-order valence-corrected chi connectivity index (χ0v) is 16.6. The highest BCUT2D eigenvalue weighted by Crippen LogP contribution is 2.26. The summed E-state index contributed by atoms with van der Waals surface area (Å²) in [5.74, 6) is 0.253. The van der Waals surface area contributed by atoms with E-state index in [1.807, 2.05) is 42.5 Å². The zero-order valence-electron chi connectivity index (χ0n) is 16.6. The molecule has 0 aliphatic heterocycles. The van der Waals surface area contributed by atoms with Crippen LogP contribution in [0, 0.1) is 5.92 Å². The van der Waals surface area contributed by atoms with Crippen LogP contribution in [-0.2, 0) is 20.7 Å². The summed E-state index contributed by atoms with van der Waals surface area (Å²) in [7, 11) is 0. The van der Waals surface area contributed by atoms with Crippen LogP contribution in [0.5, 0.6) is 0 Å². The predicted octanol–water partition coefficient (Wildman–Crippen LogP) is 3.21. The van der Waals surface area contributed by atoms with Crippen LogP contribution in [0.4, 0.5) is 0 Å². The molecule has 1 saturated carbocycles. The Labute approximate surface area is 166 Å². The minimum atomic E-state index is -0.188. The molecule has 1 aliphatic carbocycles. The standard InChI is InChI=1S/C23H30N2O3/c1-17-7-2-5-12-21(17)28-14-13-24-23(27)16-25-22(26)15-19-10-6-9-18-8-3-4-11-20(18)19/h3-4,6,8-11,17,21H,2,5,7,12-16H2,1H3,(H,24,27)(H,25,26). The van der Waals surface area contributed by atoms with E-state index in [0.29, 0.717) is 25.2 Å². The highest BCUT2D eigenvalue weighted by molar-refractivity contribution is 5.91. The van der Waals surface area contributed by atoms with E-state index in [-0.39, 0.29) is 24.8 Å². The topological polar surface area (TPSA) is 67.4 Å². The molecular weight excluding hydrogens is 352 g/mol. The third-order valence-corrected chi connectivity index (χ3v) is 5.47. The molecule has 2 amide bonds. The summed E-state index contributed by atoms with van der Waals surface area (Å²) in [4.78, 5) is 24.2. The highest BCUT2D eigenvalue weighted by atomic mass is 16.5. The molecule has 5 nitrogen and oxygen atoms in total. The van der Waals surface area contributed by atoms with E-state index in [1.54, 1.807) is 0 Å². The molecule has 2 unspecified atom stereocenters. The summed E-state index contributed by atoms with van der Waals surface area (Å²) in [6.07, 6.45) is 5.42. The second-order valence-corrected chi connectivity index (χ2v) is 7.61. The molecule has 2 atom stereocenters. The summed E-state index contributed by atoms with van der Waals surface area (Å²) >= 11 is 0. The predicted molar refractivity (Wildman–Crippen MR) is 111 cm³/mol. The van der Waals surface area contributed by atoms with Gasteiger partial charge in [0, 0.05) is 6.54 Å². The first-order chi connectivity index (χ1) is 13.6. The van der Waals surface area contributed by atoms with Crippen molar-refractivity contribution in [2.75, 3.05) is 19.7 Å². The number of amides is 2. The van der Waals surface area contributed by atoms with Gasteiger partial charge in [0.15, 0.2) is 0 Å². The van der Waals surface area contributed by atoms with Crippen molar-refractivity contribution in [3.63, 3.8) is 0 Å². The minimum Gasteiger partial charge on any atom is -0.376 e. The van der Waals surface area contributed by atoms with Crippen LogP contribution in [0.25, 0.3) is 10.8 Å². The number of hydrogen-bond donors (Lipinski definition) is 2. The molecule has 1 fully saturated rings. The van der Waals surface area contributed by atoms with Gasteiger partial charge in [-0.1, -0.05) is 62.2 Å². The van der Waals surface area contributed by atoms with Crippen molar-refractivity contribution >= 4 is 22.6 Å². The van der Waals surface area contributed by atoms with E-state index in [9.17, 15) is 9.59 Å². The van der Waals surface area contributed by atoms with Crippen molar-refractivity contribution in [2.45, 2.75) is 45.1 Å². The fourth-order valence-corrected chi connectivity index (χ4v) is 3.85. The Morgan fingerprint density at radius 3 is 2.64 bits per heavy atom. The van der Waals surface area contributed by atoms with Crippen molar-refractivity contribution in [1.82, 2.24) is 10.6 Å². The molecule has 1 aliphatic rings. The van der Waals surface area contributed by atoms with Gasteiger partial charge in [-0.15, -0.1) is 0 Å². The molecule has 0 aromatic heterocycles. The summed E-state index contributed by atoms with van der Waals surface area (Å²) in [5.41, 5.74) is 0.964. The number of nitrogens with one attached hydrogen (secondary N) is 2. The fourth-order valence-electron chi connectivity index (χ4n) is 3.85. The van der Waals surface area contributed by atoms with Gasteiger partial charge < -0.3 is 15.4 Å². The van der Waals surface area contributed by atoms with Gasteiger partial charge in [-0.2, -0.15) is 0 Å². The van der Waals surface area contributed by atoms with Gasteiger partial charge in [-0.3, -0.25) is 9.59 Å². The molecular formula is C23H30N2O3. The Balaban J connectivity index is 1.35. The Bertz CT molecular complexity index is 800. The second kappa shape index (κ2) is 10.2. The largest absolute Gasteiger partial charge is 0.376 e. The van der Waals surface area contributed by atoms with Crippen LogP contribution >= 0.6 is 0 Å². The third kappa shape index (κ3) is 5.80. The van der Waals surface area contributed by atoms with Crippen LogP contribution in [-0.4, -0.2) is 37.6 Å². The van der Waals surface area contributed by atoms with Crippen LogP contribution in [0.3, 0.4) is 0 Å². The molecule has 2 N–H and O–H groups in total. The Morgan fingerprint density at radius 1 is 1.00 bits per heavy atom. The van der Waals surface area contributed by atoms with E-state index in [1.165, 1.54) is 19.3 Å². The molecule has 28 heavy (non-hydrogen) atoms. The number of benzene rings is 2. The normalized spacial score (nSPS) is 19.3. The van der Waals surface area contributed by atoms with Crippen LogP contribution < -0.4 is 10.6 Å². The average molecular weight is 383 g/mol. The second-order valence-electron chi connectivity index (χ2n) is 7.61. The number of fused-ring (bicyclic) bond motifs is 1. The number of rotatable bonds is 8. The van der Waals surface area contributed by atoms with E-state index in [2.05, 4.69) is 17.6 Å². The van der Waals surface area contributed by atoms with Gasteiger partial charge in [-0.25, -0.2) is 0 Å². The van der Waals surface area contributed by atoms with Crippen LogP contribution in [0.2, 0.25) is 0 Å². The lowest BCUT2D eigenvalue weighted by Crippen LogP contribution is -2.39. The molecule has 0 bridgehead atoms. The van der Waals surface area contributed by atoms with Crippen molar-refractivity contribution in [1.29, 1.82) is 0 Å². The average Bonchev–Trinajstić information content (AvgIpc) is 2.71. The molecule has 3 rings (SSSR count). The summed E-state index contributed by atoms with van der Waals surface area (Å²) in [6.45, 7) is 3.21. The molecule has 0 saturated heterocycles. The molecule has 5 heteroatoms. The summed E-state index contributed by atoms with van der Waals surface area (Å²) in [6, 6.07) is 13.9. The molecule has 0 radical (unpaired) electrons. The van der Waals surface area contributed by atoms with Gasteiger partial charge >= 0.3 is 0 Å². The van der Waals surface area contributed by atoms with Crippen molar-refractivity contribution in [3.05, 3.63) is 48.0 Å². The van der Waals surface area contributed by atoms with Crippen molar-refractivity contribution in [2.24, 2.45) is 5.92 Å². The van der Waals surface area contributed by atoms with Gasteiger partial charge in [0.1, 0.15) is 0 Å². The Kier molecular flexibility index (Phi) is 7.43. The van der Waals surface area contributed by atoms with Gasteiger partial charge in [0.2, 0.25) is 11.8 Å². The first kappa shape index (κ1) is 20.3. The number of carbonyl (C=O) groups excluding carboxylic acids is 2. The summed E-state index contributed by atoms with van der Waals surface area (Å²) < 4.78 is 5.89. The lowest BCUT2D eigenvalue weighted by Gasteiger charge is -2.28. The lowest BCUT2D eigenvalue weighted by molar-refractivity contribution is -0.126. The first-order valence-electron chi connectivity index (χ1n) is 10.2. The number of ether oxygens (including phenoxy) is 1. The molecule has 150 valence electrons. The quantitative estimate of drug-likeness (QED) is 0.689. The van der Waals surface area contributed by atoms with Gasteiger partial charge in [0.25, 0.3) is 0 Å². The smallest absolute Gasteiger partial charge is 0.239 e. The molecule has 2 aromatic rings. The monoisotopic (exact) mass is 382 g/mol. The van der Waals surface area contributed by atoms with E-state index >= 15 is 0 Å². The van der Waals surface area contributed by atoms with Crippen molar-refractivity contribution < 1.29 is 14.3 Å². The molecule has 0 heterocycles. The maximum absolute atomic E-state index is 12.2. The number of carbonyl (C=O) groups is 2. The fraction of sp³-hybridized carbons (Fsp3) is 0.478. The summed E-state index contributed by atoms with van der Waals surface area (Å²) in [5, 5.41) is 7.69. The zero-order chi connectivity index (χ0) is 19.8. The number of hydrogen-bond acceptors (Lipinski definition) is 3. The van der Waals surface area contributed by atoms with Crippen LogP contribution in [0.1, 0.15) is 38.2 Å². The van der Waals surface area contributed by atoms with Crippen molar-refractivity contribution in [3.8, 4) is 0 Å². The molecule has 2 aromatic carbocycles. The van der Waals surface area contributed by atoms with Crippen LogP contribution in [0.15, 0.2) is 42.5 Å². The maximum Gasteiger partial charge on any atom is 0.239 e. The van der Waals surface area contributed by atoms with Gasteiger partial charge in [-0.05, 0) is 35.1 Å². The lowest BCUT2D eigenvalue weighted by atomic mass is 9.88. The Hall–Kier alpha value is -2.40.